The highest BCUT2D eigenvalue weighted by Crippen LogP contribution is 2.23. The fraction of sp³-hybridized carbons (Fsp3) is 0.538. The number of rotatable bonds is 6. The number of pyridine rings is 1. The van der Waals surface area contributed by atoms with Gasteiger partial charge in [-0.2, -0.15) is 0 Å². The zero-order valence-corrected chi connectivity index (χ0v) is 10.4. The van der Waals surface area contributed by atoms with Gasteiger partial charge in [0.1, 0.15) is 5.69 Å². The lowest BCUT2D eigenvalue weighted by Gasteiger charge is -2.35. The molecule has 5 heteroatoms. The summed E-state index contributed by atoms with van der Waals surface area (Å²) in [7, 11) is 0. The van der Waals surface area contributed by atoms with Crippen molar-refractivity contribution < 1.29 is 14.6 Å². The van der Waals surface area contributed by atoms with E-state index in [1.807, 2.05) is 13.0 Å². The van der Waals surface area contributed by atoms with Crippen LogP contribution in [-0.2, 0) is 11.3 Å². The number of carboxylic acids is 1. The second-order valence-electron chi connectivity index (χ2n) is 4.45. The van der Waals surface area contributed by atoms with Gasteiger partial charge in [-0.25, -0.2) is 9.78 Å². The lowest BCUT2D eigenvalue weighted by molar-refractivity contribution is -0.0103. The third-order valence-electron chi connectivity index (χ3n) is 3.09. The zero-order valence-electron chi connectivity index (χ0n) is 10.4. The van der Waals surface area contributed by atoms with E-state index < -0.39 is 5.97 Å². The van der Waals surface area contributed by atoms with E-state index >= 15 is 0 Å². The normalized spacial score (nSPS) is 22.5. The molecular formula is C13H18N2O3. The molecule has 1 saturated carbocycles. The first kappa shape index (κ1) is 13.0. The topological polar surface area (TPSA) is 71.5 Å². The molecular weight excluding hydrogens is 232 g/mol. The Labute approximate surface area is 106 Å². The van der Waals surface area contributed by atoms with Crippen LogP contribution in [0.15, 0.2) is 18.2 Å². The average molecular weight is 250 g/mol. The molecule has 0 amide bonds. The lowest BCUT2D eigenvalue weighted by atomic mass is 9.89. The minimum Gasteiger partial charge on any atom is -0.477 e. The molecule has 1 fully saturated rings. The summed E-state index contributed by atoms with van der Waals surface area (Å²) >= 11 is 0. The lowest BCUT2D eigenvalue weighted by Crippen LogP contribution is -2.45. The Morgan fingerprint density at radius 3 is 3.00 bits per heavy atom. The second-order valence-corrected chi connectivity index (χ2v) is 4.45. The first-order chi connectivity index (χ1) is 8.69. The fourth-order valence-electron chi connectivity index (χ4n) is 2.05. The number of hydrogen-bond acceptors (Lipinski definition) is 4. The maximum absolute atomic E-state index is 10.8. The maximum Gasteiger partial charge on any atom is 0.354 e. The van der Waals surface area contributed by atoms with Crippen molar-refractivity contribution in [3.05, 3.63) is 29.6 Å². The van der Waals surface area contributed by atoms with E-state index in [0.29, 0.717) is 18.7 Å². The number of ether oxygens (including phenoxy) is 1. The number of aromatic carboxylic acids is 1. The molecule has 0 bridgehead atoms. The maximum atomic E-state index is 10.8. The molecule has 1 aliphatic rings. The summed E-state index contributed by atoms with van der Waals surface area (Å²) in [5.74, 6) is -0.989. The van der Waals surface area contributed by atoms with Gasteiger partial charge in [-0.05, 0) is 31.9 Å². The summed E-state index contributed by atoms with van der Waals surface area (Å²) in [6.07, 6.45) is 2.42. The van der Waals surface area contributed by atoms with Gasteiger partial charge in [0.15, 0.2) is 0 Å². The monoisotopic (exact) mass is 250 g/mol. The third-order valence-corrected chi connectivity index (χ3v) is 3.09. The zero-order chi connectivity index (χ0) is 13.0. The van der Waals surface area contributed by atoms with Gasteiger partial charge in [-0.1, -0.05) is 6.07 Å². The van der Waals surface area contributed by atoms with E-state index in [1.165, 1.54) is 6.07 Å². The molecule has 1 heterocycles. The summed E-state index contributed by atoms with van der Waals surface area (Å²) < 4.78 is 5.48. The quantitative estimate of drug-likeness (QED) is 0.799. The molecule has 98 valence electrons. The Bertz CT molecular complexity index is 416. The van der Waals surface area contributed by atoms with Crippen LogP contribution in [0.1, 0.15) is 35.9 Å². The van der Waals surface area contributed by atoms with Crippen LogP contribution in [-0.4, -0.2) is 34.8 Å². The minimum atomic E-state index is -0.989. The smallest absolute Gasteiger partial charge is 0.354 e. The first-order valence-electron chi connectivity index (χ1n) is 6.23. The van der Waals surface area contributed by atoms with Crippen LogP contribution in [0.25, 0.3) is 0 Å². The predicted molar refractivity (Wildman–Crippen MR) is 66.5 cm³/mol. The molecule has 0 aromatic carbocycles. The van der Waals surface area contributed by atoms with E-state index in [-0.39, 0.29) is 5.69 Å². The van der Waals surface area contributed by atoms with Crippen LogP contribution in [0, 0.1) is 0 Å². The molecule has 1 aliphatic carbocycles. The Kier molecular flexibility index (Phi) is 4.28. The summed E-state index contributed by atoms with van der Waals surface area (Å²) in [5.41, 5.74) is 0.852. The van der Waals surface area contributed by atoms with Gasteiger partial charge in [-0.3, -0.25) is 0 Å². The van der Waals surface area contributed by atoms with E-state index in [2.05, 4.69) is 10.3 Å². The fourth-order valence-corrected chi connectivity index (χ4v) is 2.05. The molecule has 5 nitrogen and oxygen atoms in total. The molecule has 0 unspecified atom stereocenters. The van der Waals surface area contributed by atoms with Crippen molar-refractivity contribution in [1.82, 2.24) is 10.3 Å². The second kappa shape index (κ2) is 5.93. The summed E-state index contributed by atoms with van der Waals surface area (Å²) in [6, 6.07) is 5.51. The Balaban J connectivity index is 1.77. The predicted octanol–water partition coefficient (Wildman–Crippen LogP) is 1.44. The first-order valence-corrected chi connectivity index (χ1v) is 6.23. The van der Waals surface area contributed by atoms with Gasteiger partial charge in [0.05, 0.1) is 11.8 Å². The number of aromatic nitrogens is 1. The van der Waals surface area contributed by atoms with E-state index in [1.54, 1.807) is 6.07 Å². The highest BCUT2D eigenvalue weighted by Gasteiger charge is 2.28. The van der Waals surface area contributed by atoms with Crippen LogP contribution in [0.4, 0.5) is 0 Å². The van der Waals surface area contributed by atoms with E-state index in [9.17, 15) is 4.79 Å². The number of hydrogen-bond donors (Lipinski definition) is 2. The van der Waals surface area contributed by atoms with Crippen LogP contribution in [0.2, 0.25) is 0 Å². The molecule has 0 atom stereocenters. The average Bonchev–Trinajstić information content (AvgIpc) is 2.32. The molecule has 0 aliphatic heterocycles. The SMILES string of the molecule is CCOC1CC(NCc2cccc(C(=O)O)n2)C1. The van der Waals surface area contributed by atoms with Gasteiger partial charge in [-0.15, -0.1) is 0 Å². The van der Waals surface area contributed by atoms with Crippen molar-refractivity contribution in [2.45, 2.75) is 38.5 Å². The van der Waals surface area contributed by atoms with E-state index in [4.69, 9.17) is 9.84 Å². The highest BCUT2D eigenvalue weighted by molar-refractivity contribution is 5.85. The largest absolute Gasteiger partial charge is 0.477 e. The standard InChI is InChI=1S/C13H18N2O3/c1-2-18-11-6-10(7-11)14-8-9-4-3-5-12(15-9)13(16)17/h3-5,10-11,14H,2,6-8H2,1H3,(H,16,17). The van der Waals surface area contributed by atoms with E-state index in [0.717, 1.165) is 25.1 Å². The molecule has 0 spiro atoms. The van der Waals surface area contributed by atoms with Crippen LogP contribution >= 0.6 is 0 Å². The van der Waals surface area contributed by atoms with Crippen molar-refractivity contribution >= 4 is 5.97 Å². The minimum absolute atomic E-state index is 0.0927. The van der Waals surface area contributed by atoms with Gasteiger partial charge in [0.25, 0.3) is 0 Å². The van der Waals surface area contributed by atoms with Crippen molar-refractivity contribution in [2.75, 3.05) is 6.61 Å². The van der Waals surface area contributed by atoms with Gasteiger partial charge < -0.3 is 15.2 Å². The Morgan fingerprint density at radius 2 is 2.33 bits per heavy atom. The van der Waals surface area contributed by atoms with Gasteiger partial charge in [0.2, 0.25) is 0 Å². The Morgan fingerprint density at radius 1 is 1.56 bits per heavy atom. The molecule has 0 radical (unpaired) electrons. The van der Waals surface area contributed by atoms with Crippen molar-refractivity contribution in [3.8, 4) is 0 Å². The van der Waals surface area contributed by atoms with Crippen molar-refractivity contribution in [3.63, 3.8) is 0 Å². The molecule has 2 rings (SSSR count). The summed E-state index contributed by atoms with van der Waals surface area (Å²) in [5, 5.41) is 12.2. The molecule has 2 N–H and O–H groups in total. The number of carbonyl (C=O) groups is 1. The van der Waals surface area contributed by atoms with Gasteiger partial charge in [0, 0.05) is 19.2 Å². The number of nitrogens with zero attached hydrogens (tertiary/aromatic N) is 1. The van der Waals surface area contributed by atoms with Crippen LogP contribution < -0.4 is 5.32 Å². The molecule has 18 heavy (non-hydrogen) atoms. The number of nitrogens with one attached hydrogen (secondary N) is 1. The van der Waals surface area contributed by atoms with Crippen molar-refractivity contribution in [1.29, 1.82) is 0 Å². The highest BCUT2D eigenvalue weighted by atomic mass is 16.5. The third kappa shape index (κ3) is 3.27. The molecule has 0 saturated heterocycles. The summed E-state index contributed by atoms with van der Waals surface area (Å²) in [4.78, 5) is 14.8. The number of carboxylic acid groups (broad SMARTS) is 1. The van der Waals surface area contributed by atoms with Crippen molar-refractivity contribution in [2.24, 2.45) is 0 Å². The van der Waals surface area contributed by atoms with Gasteiger partial charge >= 0.3 is 5.97 Å². The molecule has 1 aromatic rings. The van der Waals surface area contributed by atoms with Crippen LogP contribution in [0.5, 0.6) is 0 Å². The summed E-state index contributed by atoms with van der Waals surface area (Å²) in [6.45, 7) is 3.37. The Hall–Kier alpha value is -1.46. The molecule has 1 aromatic heterocycles. The van der Waals surface area contributed by atoms with Crippen LogP contribution in [0.3, 0.4) is 0 Å².